The van der Waals surface area contributed by atoms with E-state index in [-0.39, 0.29) is 24.3 Å². The van der Waals surface area contributed by atoms with Gasteiger partial charge >= 0.3 is 6.03 Å². The first-order valence-corrected chi connectivity index (χ1v) is 11.3. The van der Waals surface area contributed by atoms with Gasteiger partial charge in [0.1, 0.15) is 5.82 Å². The Morgan fingerprint density at radius 1 is 0.971 bits per heavy atom. The molecule has 0 heterocycles. The largest absolute Gasteiger partial charge is 0.377 e. The molecule has 0 saturated carbocycles. The number of hydrogen-bond donors (Lipinski definition) is 2. The lowest BCUT2D eigenvalue weighted by atomic mass is 10.1. The van der Waals surface area contributed by atoms with Gasteiger partial charge in [-0.1, -0.05) is 35.9 Å². The second-order valence-electron chi connectivity index (χ2n) is 7.99. The fraction of sp³-hybridized carbons (Fsp3) is 0.231. The lowest BCUT2D eigenvalue weighted by Gasteiger charge is -2.26. The third kappa shape index (κ3) is 6.48. The van der Waals surface area contributed by atoms with Crippen LogP contribution in [0.5, 0.6) is 0 Å². The molecule has 0 spiro atoms. The van der Waals surface area contributed by atoms with Crippen LogP contribution in [0.2, 0.25) is 5.02 Å². The van der Waals surface area contributed by atoms with Crippen molar-refractivity contribution in [1.29, 1.82) is 0 Å². The smallest absolute Gasteiger partial charge is 0.317 e. The molecule has 3 rings (SSSR count). The number of benzene rings is 3. The SMILES string of the molecule is CCNC(=O)N(Cc1ccc(F)cc1)Cc1cc(NC(=O)c2ccccc2Cl)ccc1N(C)C. The van der Waals surface area contributed by atoms with Crippen LogP contribution in [0.1, 0.15) is 28.4 Å². The molecule has 0 bridgehead atoms. The summed E-state index contributed by atoms with van der Waals surface area (Å²) in [6.07, 6.45) is 0. The van der Waals surface area contributed by atoms with Crippen LogP contribution in [0.15, 0.2) is 66.7 Å². The molecule has 0 fully saturated rings. The fourth-order valence-corrected chi connectivity index (χ4v) is 3.77. The van der Waals surface area contributed by atoms with Gasteiger partial charge in [0.2, 0.25) is 0 Å². The predicted molar refractivity (Wildman–Crippen MR) is 135 cm³/mol. The molecule has 0 radical (unpaired) electrons. The molecule has 0 aliphatic heterocycles. The van der Waals surface area contributed by atoms with E-state index in [4.69, 9.17) is 11.6 Å². The minimum absolute atomic E-state index is 0.234. The number of nitrogens with one attached hydrogen (secondary N) is 2. The number of carbonyl (C=O) groups is 2. The Bertz CT molecular complexity index is 1150. The Hall–Kier alpha value is -3.58. The summed E-state index contributed by atoms with van der Waals surface area (Å²) in [7, 11) is 3.83. The maximum atomic E-state index is 13.3. The first kappa shape index (κ1) is 25.1. The number of urea groups is 1. The van der Waals surface area contributed by atoms with Crippen LogP contribution in [-0.2, 0) is 13.1 Å². The zero-order valence-electron chi connectivity index (χ0n) is 19.4. The van der Waals surface area contributed by atoms with Gasteiger partial charge < -0.3 is 20.4 Å². The standard InChI is InChI=1S/C26H28ClFN4O2/c1-4-29-26(34)32(16-18-9-11-20(28)12-10-18)17-19-15-21(13-14-24(19)31(2)3)30-25(33)22-7-5-6-8-23(22)27/h5-15H,4,16-17H2,1-3H3,(H,29,34)(H,30,33). The average Bonchev–Trinajstić information content (AvgIpc) is 2.80. The quantitative estimate of drug-likeness (QED) is 0.443. The summed E-state index contributed by atoms with van der Waals surface area (Å²) in [5.74, 6) is -0.647. The molecular formula is C26H28ClFN4O2. The number of rotatable bonds is 8. The molecule has 3 amide bonds. The van der Waals surface area contributed by atoms with Gasteiger partial charge in [-0.3, -0.25) is 4.79 Å². The van der Waals surface area contributed by atoms with Crippen molar-refractivity contribution in [2.75, 3.05) is 30.9 Å². The molecule has 0 atom stereocenters. The summed E-state index contributed by atoms with van der Waals surface area (Å²) in [6.45, 7) is 2.92. The van der Waals surface area contributed by atoms with Gasteiger partial charge in [0, 0.05) is 45.1 Å². The van der Waals surface area contributed by atoms with E-state index in [1.54, 1.807) is 41.3 Å². The van der Waals surface area contributed by atoms with Crippen LogP contribution in [0.3, 0.4) is 0 Å². The van der Waals surface area contributed by atoms with Crippen molar-refractivity contribution in [2.24, 2.45) is 0 Å². The van der Waals surface area contributed by atoms with Crippen molar-refractivity contribution in [3.63, 3.8) is 0 Å². The highest BCUT2D eigenvalue weighted by atomic mass is 35.5. The maximum absolute atomic E-state index is 13.3. The summed E-state index contributed by atoms with van der Waals surface area (Å²) in [6, 6.07) is 18.2. The number of halogens is 2. The zero-order valence-corrected chi connectivity index (χ0v) is 20.2. The van der Waals surface area contributed by atoms with Crippen molar-refractivity contribution < 1.29 is 14.0 Å². The lowest BCUT2D eigenvalue weighted by molar-refractivity contribution is 0.102. The van der Waals surface area contributed by atoms with E-state index < -0.39 is 0 Å². The van der Waals surface area contributed by atoms with Gasteiger partial charge in [0.15, 0.2) is 0 Å². The number of nitrogens with zero attached hydrogens (tertiary/aromatic N) is 2. The van der Waals surface area contributed by atoms with E-state index in [0.29, 0.717) is 29.4 Å². The predicted octanol–water partition coefficient (Wildman–Crippen LogP) is 5.53. The van der Waals surface area contributed by atoms with Crippen molar-refractivity contribution >= 4 is 34.9 Å². The molecule has 8 heteroatoms. The highest BCUT2D eigenvalue weighted by Gasteiger charge is 2.18. The van der Waals surface area contributed by atoms with Crippen LogP contribution in [0.4, 0.5) is 20.6 Å². The molecule has 178 valence electrons. The fourth-order valence-electron chi connectivity index (χ4n) is 3.55. The molecule has 0 aliphatic carbocycles. The number of amides is 3. The Morgan fingerprint density at radius 3 is 2.32 bits per heavy atom. The maximum Gasteiger partial charge on any atom is 0.317 e. The Kier molecular flexibility index (Phi) is 8.49. The van der Waals surface area contributed by atoms with Gasteiger partial charge in [-0.05, 0) is 60.5 Å². The molecule has 3 aromatic carbocycles. The minimum atomic E-state index is -0.329. The van der Waals surface area contributed by atoms with Gasteiger partial charge in [0.25, 0.3) is 5.91 Å². The third-order valence-corrected chi connectivity index (χ3v) is 5.53. The molecule has 0 unspecified atom stereocenters. The van der Waals surface area contributed by atoms with E-state index in [1.807, 2.05) is 44.1 Å². The second kappa shape index (κ2) is 11.5. The average molecular weight is 483 g/mol. The first-order valence-electron chi connectivity index (χ1n) is 10.9. The molecular weight excluding hydrogens is 455 g/mol. The monoisotopic (exact) mass is 482 g/mol. The van der Waals surface area contributed by atoms with Gasteiger partial charge in [-0.15, -0.1) is 0 Å². The normalized spacial score (nSPS) is 10.5. The second-order valence-corrected chi connectivity index (χ2v) is 8.40. The van der Waals surface area contributed by atoms with Crippen LogP contribution >= 0.6 is 11.6 Å². The summed E-state index contributed by atoms with van der Waals surface area (Å²) >= 11 is 6.16. The van der Waals surface area contributed by atoms with Crippen LogP contribution in [0.25, 0.3) is 0 Å². The summed E-state index contributed by atoms with van der Waals surface area (Å²) in [4.78, 5) is 29.2. The van der Waals surface area contributed by atoms with Crippen molar-refractivity contribution in [3.05, 3.63) is 94.3 Å². The Labute approximate surface area is 204 Å². The topological polar surface area (TPSA) is 64.7 Å². The third-order valence-electron chi connectivity index (χ3n) is 5.20. The van der Waals surface area contributed by atoms with Crippen molar-refractivity contribution in [1.82, 2.24) is 10.2 Å². The molecule has 34 heavy (non-hydrogen) atoms. The summed E-state index contributed by atoms with van der Waals surface area (Å²) < 4.78 is 13.3. The molecule has 2 N–H and O–H groups in total. The van der Waals surface area contributed by atoms with E-state index in [2.05, 4.69) is 10.6 Å². The molecule has 0 aromatic heterocycles. The number of anilines is 2. The van der Waals surface area contributed by atoms with Crippen molar-refractivity contribution in [2.45, 2.75) is 20.0 Å². The minimum Gasteiger partial charge on any atom is -0.377 e. The van der Waals surface area contributed by atoms with E-state index >= 15 is 0 Å². The Balaban J connectivity index is 1.89. The number of carbonyl (C=O) groups excluding carboxylic acids is 2. The van der Waals surface area contributed by atoms with Gasteiger partial charge in [-0.25, -0.2) is 9.18 Å². The van der Waals surface area contributed by atoms with Crippen LogP contribution in [0, 0.1) is 5.82 Å². The summed E-state index contributed by atoms with van der Waals surface area (Å²) in [5.41, 5.74) is 3.52. The van der Waals surface area contributed by atoms with Crippen molar-refractivity contribution in [3.8, 4) is 0 Å². The first-order chi connectivity index (χ1) is 16.3. The molecule has 6 nitrogen and oxygen atoms in total. The summed E-state index contributed by atoms with van der Waals surface area (Å²) in [5, 5.41) is 6.09. The lowest BCUT2D eigenvalue weighted by Crippen LogP contribution is -2.39. The van der Waals surface area contributed by atoms with Crippen LogP contribution in [-0.4, -0.2) is 37.5 Å². The number of hydrogen-bond acceptors (Lipinski definition) is 3. The van der Waals surface area contributed by atoms with Gasteiger partial charge in [-0.2, -0.15) is 0 Å². The molecule has 0 aliphatic rings. The Morgan fingerprint density at radius 2 is 1.68 bits per heavy atom. The zero-order chi connectivity index (χ0) is 24.7. The molecule has 0 saturated heterocycles. The highest BCUT2D eigenvalue weighted by molar-refractivity contribution is 6.34. The van der Waals surface area contributed by atoms with E-state index in [9.17, 15) is 14.0 Å². The van der Waals surface area contributed by atoms with E-state index in [1.165, 1.54) is 12.1 Å². The molecule has 3 aromatic rings. The highest BCUT2D eigenvalue weighted by Crippen LogP contribution is 2.26. The van der Waals surface area contributed by atoms with E-state index in [0.717, 1.165) is 16.8 Å². The van der Waals surface area contributed by atoms with Gasteiger partial charge in [0.05, 0.1) is 10.6 Å². The van der Waals surface area contributed by atoms with Crippen LogP contribution < -0.4 is 15.5 Å².